The molecular formula is C16H23ClN2O3S. The summed E-state index contributed by atoms with van der Waals surface area (Å²) < 4.78 is 26.9. The van der Waals surface area contributed by atoms with Gasteiger partial charge < -0.3 is 5.32 Å². The molecule has 128 valence electrons. The highest BCUT2D eigenvalue weighted by atomic mass is 35.5. The largest absolute Gasteiger partial charge is 0.352 e. The minimum Gasteiger partial charge on any atom is -0.352 e. The summed E-state index contributed by atoms with van der Waals surface area (Å²) in [7, 11) is -3.69. The number of carbonyl (C=O) groups excluding carboxylic acids is 1. The minimum atomic E-state index is -3.69. The second-order valence-corrected chi connectivity index (χ2v) is 8.60. The molecule has 1 heterocycles. The van der Waals surface area contributed by atoms with Gasteiger partial charge in [0.05, 0.1) is 4.90 Å². The SMILES string of the molecule is CC(C)[C@H](C)NC(=O)[C@H]1CCCN1S(=O)(=O)c1ccc(Cl)cc1. The van der Waals surface area contributed by atoms with Crippen molar-refractivity contribution in [3.63, 3.8) is 0 Å². The molecule has 2 atom stereocenters. The van der Waals surface area contributed by atoms with Crippen molar-refractivity contribution in [2.24, 2.45) is 5.92 Å². The highest BCUT2D eigenvalue weighted by molar-refractivity contribution is 7.89. The maximum atomic E-state index is 12.8. The third kappa shape index (κ3) is 4.05. The summed E-state index contributed by atoms with van der Waals surface area (Å²) in [6, 6.07) is 5.39. The van der Waals surface area contributed by atoms with Crippen molar-refractivity contribution in [2.45, 2.75) is 50.6 Å². The number of carbonyl (C=O) groups is 1. The molecule has 0 saturated carbocycles. The van der Waals surface area contributed by atoms with Gasteiger partial charge in [0.2, 0.25) is 15.9 Å². The van der Waals surface area contributed by atoms with Gasteiger partial charge in [-0.1, -0.05) is 25.4 Å². The van der Waals surface area contributed by atoms with Gasteiger partial charge in [0.1, 0.15) is 6.04 Å². The molecule has 1 fully saturated rings. The molecular weight excluding hydrogens is 336 g/mol. The van der Waals surface area contributed by atoms with Crippen LogP contribution < -0.4 is 5.32 Å². The van der Waals surface area contributed by atoms with Crippen molar-refractivity contribution in [1.29, 1.82) is 0 Å². The second kappa shape index (κ2) is 7.20. The molecule has 7 heteroatoms. The molecule has 1 amide bonds. The Labute approximate surface area is 143 Å². The van der Waals surface area contributed by atoms with E-state index in [4.69, 9.17) is 11.6 Å². The summed E-state index contributed by atoms with van der Waals surface area (Å²) >= 11 is 5.81. The molecule has 1 aromatic carbocycles. The number of sulfonamides is 1. The van der Waals surface area contributed by atoms with Gasteiger partial charge in [-0.2, -0.15) is 4.31 Å². The van der Waals surface area contributed by atoms with E-state index in [1.165, 1.54) is 16.4 Å². The molecule has 0 spiro atoms. The number of rotatable bonds is 5. The molecule has 1 N–H and O–H groups in total. The van der Waals surface area contributed by atoms with Crippen LogP contribution in [0.5, 0.6) is 0 Å². The lowest BCUT2D eigenvalue weighted by molar-refractivity contribution is -0.125. The van der Waals surface area contributed by atoms with E-state index in [1.807, 2.05) is 20.8 Å². The van der Waals surface area contributed by atoms with Crippen molar-refractivity contribution in [1.82, 2.24) is 9.62 Å². The molecule has 0 aliphatic carbocycles. The molecule has 1 saturated heterocycles. The summed E-state index contributed by atoms with van der Waals surface area (Å²) in [6.45, 7) is 6.32. The van der Waals surface area contributed by atoms with Crippen LogP contribution in [0.15, 0.2) is 29.2 Å². The van der Waals surface area contributed by atoms with E-state index in [-0.39, 0.29) is 16.8 Å². The first-order valence-electron chi connectivity index (χ1n) is 7.81. The van der Waals surface area contributed by atoms with Crippen LogP contribution in [0.3, 0.4) is 0 Å². The van der Waals surface area contributed by atoms with Gasteiger partial charge in [0, 0.05) is 17.6 Å². The predicted octanol–water partition coefficient (Wildman–Crippen LogP) is 2.65. The molecule has 1 aliphatic rings. The lowest BCUT2D eigenvalue weighted by Crippen LogP contribution is -2.49. The molecule has 1 aromatic rings. The Kier molecular flexibility index (Phi) is 5.70. The Morgan fingerprint density at radius 2 is 1.87 bits per heavy atom. The Bertz CT molecular complexity index is 658. The van der Waals surface area contributed by atoms with Gasteiger partial charge in [-0.05, 0) is 49.9 Å². The molecule has 23 heavy (non-hydrogen) atoms. The first kappa shape index (κ1) is 18.2. The number of benzene rings is 1. The smallest absolute Gasteiger partial charge is 0.243 e. The van der Waals surface area contributed by atoms with Crippen molar-refractivity contribution in [3.05, 3.63) is 29.3 Å². The lowest BCUT2D eigenvalue weighted by Gasteiger charge is -2.26. The topological polar surface area (TPSA) is 66.5 Å². The van der Waals surface area contributed by atoms with E-state index >= 15 is 0 Å². The standard InChI is InChI=1S/C16H23ClN2O3S/c1-11(2)12(3)18-16(20)15-5-4-10-19(15)23(21,22)14-8-6-13(17)7-9-14/h6-9,11-12,15H,4-5,10H2,1-3H3,(H,18,20)/t12-,15+/m0/s1. The van der Waals surface area contributed by atoms with E-state index in [2.05, 4.69) is 5.32 Å². The Balaban J connectivity index is 2.20. The summed E-state index contributed by atoms with van der Waals surface area (Å²) in [5.41, 5.74) is 0. The van der Waals surface area contributed by atoms with E-state index in [1.54, 1.807) is 12.1 Å². The number of hydrogen-bond acceptors (Lipinski definition) is 3. The fourth-order valence-electron chi connectivity index (χ4n) is 2.52. The van der Waals surface area contributed by atoms with Crippen molar-refractivity contribution < 1.29 is 13.2 Å². The van der Waals surface area contributed by atoms with Crippen LogP contribution in [-0.2, 0) is 14.8 Å². The molecule has 0 radical (unpaired) electrons. The van der Waals surface area contributed by atoms with Crippen LogP contribution in [0.4, 0.5) is 0 Å². The zero-order chi connectivity index (χ0) is 17.2. The van der Waals surface area contributed by atoms with Crippen LogP contribution in [0.2, 0.25) is 5.02 Å². The maximum absolute atomic E-state index is 12.8. The Hall–Kier alpha value is -1.11. The summed E-state index contributed by atoms with van der Waals surface area (Å²) in [5.74, 6) is 0.0721. The zero-order valence-electron chi connectivity index (χ0n) is 13.6. The molecule has 2 rings (SSSR count). The van der Waals surface area contributed by atoms with Crippen LogP contribution in [0, 0.1) is 5.92 Å². The highest BCUT2D eigenvalue weighted by Crippen LogP contribution is 2.27. The average molecular weight is 359 g/mol. The van der Waals surface area contributed by atoms with Crippen LogP contribution >= 0.6 is 11.6 Å². The van der Waals surface area contributed by atoms with Gasteiger partial charge >= 0.3 is 0 Å². The number of amides is 1. The Morgan fingerprint density at radius 1 is 1.26 bits per heavy atom. The molecule has 0 aromatic heterocycles. The van der Waals surface area contributed by atoms with E-state index in [0.29, 0.717) is 30.3 Å². The summed E-state index contributed by atoms with van der Waals surface area (Å²) in [4.78, 5) is 12.6. The fourth-order valence-corrected chi connectivity index (χ4v) is 4.30. The van der Waals surface area contributed by atoms with Crippen molar-refractivity contribution in [3.8, 4) is 0 Å². The van der Waals surface area contributed by atoms with Crippen LogP contribution in [0.1, 0.15) is 33.6 Å². The average Bonchev–Trinajstić information content (AvgIpc) is 2.97. The van der Waals surface area contributed by atoms with Crippen molar-refractivity contribution >= 4 is 27.5 Å². The van der Waals surface area contributed by atoms with Crippen molar-refractivity contribution in [2.75, 3.05) is 6.54 Å². The minimum absolute atomic E-state index is 0.00295. The third-order valence-corrected chi connectivity index (χ3v) is 6.47. The van der Waals surface area contributed by atoms with Gasteiger partial charge in [-0.25, -0.2) is 8.42 Å². The number of nitrogens with one attached hydrogen (secondary N) is 1. The van der Waals surface area contributed by atoms with Gasteiger partial charge in [0.25, 0.3) is 0 Å². The Morgan fingerprint density at radius 3 is 2.43 bits per heavy atom. The van der Waals surface area contributed by atoms with Crippen LogP contribution in [-0.4, -0.2) is 37.3 Å². The molecule has 0 unspecified atom stereocenters. The second-order valence-electron chi connectivity index (χ2n) is 6.27. The van der Waals surface area contributed by atoms with Gasteiger partial charge in [-0.3, -0.25) is 4.79 Å². The van der Waals surface area contributed by atoms with Crippen LogP contribution in [0.25, 0.3) is 0 Å². The quantitative estimate of drug-likeness (QED) is 0.879. The summed E-state index contributed by atoms with van der Waals surface area (Å²) in [5, 5.41) is 3.40. The number of hydrogen-bond donors (Lipinski definition) is 1. The van der Waals surface area contributed by atoms with Gasteiger partial charge in [-0.15, -0.1) is 0 Å². The predicted molar refractivity (Wildman–Crippen MR) is 90.8 cm³/mol. The first-order chi connectivity index (χ1) is 10.7. The first-order valence-corrected chi connectivity index (χ1v) is 9.63. The van der Waals surface area contributed by atoms with E-state index in [9.17, 15) is 13.2 Å². The highest BCUT2D eigenvalue weighted by Gasteiger charge is 2.39. The molecule has 5 nitrogen and oxygen atoms in total. The zero-order valence-corrected chi connectivity index (χ0v) is 15.2. The molecule has 1 aliphatic heterocycles. The normalized spacial score (nSPS) is 20.7. The number of nitrogens with zero attached hydrogens (tertiary/aromatic N) is 1. The fraction of sp³-hybridized carbons (Fsp3) is 0.562. The van der Waals surface area contributed by atoms with E-state index in [0.717, 1.165) is 0 Å². The monoisotopic (exact) mass is 358 g/mol. The summed E-state index contributed by atoms with van der Waals surface area (Å²) in [6.07, 6.45) is 1.23. The maximum Gasteiger partial charge on any atom is 0.243 e. The van der Waals surface area contributed by atoms with E-state index < -0.39 is 16.1 Å². The third-order valence-electron chi connectivity index (χ3n) is 4.30. The lowest BCUT2D eigenvalue weighted by atomic mass is 10.1. The molecule has 0 bridgehead atoms. The number of halogens is 1. The van der Waals surface area contributed by atoms with Gasteiger partial charge in [0.15, 0.2) is 0 Å².